The van der Waals surface area contributed by atoms with Crippen molar-refractivity contribution < 1.29 is 9.18 Å². The summed E-state index contributed by atoms with van der Waals surface area (Å²) in [4.78, 5) is 21.0. The van der Waals surface area contributed by atoms with Gasteiger partial charge in [0.15, 0.2) is 5.16 Å². The molecule has 4 nitrogen and oxygen atoms in total. The van der Waals surface area contributed by atoms with Crippen LogP contribution in [0.1, 0.15) is 23.9 Å². The normalized spacial score (nSPS) is 12.0. The van der Waals surface area contributed by atoms with E-state index in [-0.39, 0.29) is 17.0 Å². The van der Waals surface area contributed by atoms with Crippen LogP contribution in [-0.2, 0) is 4.79 Å². The van der Waals surface area contributed by atoms with Crippen LogP contribution in [0.3, 0.4) is 0 Å². The number of carbonyl (C=O) groups excluding carboxylic acids is 1. The maximum absolute atomic E-state index is 12.8. The van der Waals surface area contributed by atoms with Gasteiger partial charge in [0.05, 0.1) is 5.25 Å². The highest BCUT2D eigenvalue weighted by Crippen LogP contribution is 2.23. The molecule has 0 aliphatic heterocycles. The lowest BCUT2D eigenvalue weighted by Gasteiger charge is -2.12. The number of aryl methyl sites for hydroxylation is 2. The lowest BCUT2D eigenvalue weighted by molar-refractivity contribution is -0.115. The Morgan fingerprint density at radius 3 is 2.23 bits per heavy atom. The Morgan fingerprint density at radius 1 is 1.14 bits per heavy atom. The third-order valence-corrected chi connectivity index (χ3v) is 4.34. The molecule has 1 atom stereocenters. The number of aromatic nitrogens is 2. The largest absolute Gasteiger partial charge is 0.325 e. The van der Waals surface area contributed by atoms with Crippen molar-refractivity contribution in [3.8, 4) is 0 Å². The Kier molecular flexibility index (Phi) is 5.13. The quantitative estimate of drug-likeness (QED) is 0.690. The van der Waals surface area contributed by atoms with Crippen LogP contribution >= 0.6 is 11.8 Å². The summed E-state index contributed by atoms with van der Waals surface area (Å²) in [5.41, 5.74) is 3.46. The van der Waals surface area contributed by atoms with Crippen LogP contribution < -0.4 is 5.32 Å². The number of amides is 1. The average molecular weight is 319 g/mol. The molecule has 116 valence electrons. The molecule has 0 saturated heterocycles. The van der Waals surface area contributed by atoms with E-state index in [1.54, 1.807) is 6.92 Å². The monoisotopic (exact) mass is 319 g/mol. The van der Waals surface area contributed by atoms with Crippen LogP contribution in [0.25, 0.3) is 0 Å². The number of thioether (sulfide) groups is 1. The second-order valence-corrected chi connectivity index (χ2v) is 6.37. The molecule has 0 spiro atoms. The summed E-state index contributed by atoms with van der Waals surface area (Å²) in [6, 6.07) is 5.68. The van der Waals surface area contributed by atoms with Gasteiger partial charge in [-0.05, 0) is 57.5 Å². The van der Waals surface area contributed by atoms with Gasteiger partial charge in [-0.2, -0.15) is 0 Å². The van der Waals surface area contributed by atoms with Gasteiger partial charge in [-0.25, -0.2) is 14.4 Å². The van der Waals surface area contributed by atoms with Crippen LogP contribution in [-0.4, -0.2) is 21.1 Å². The van der Waals surface area contributed by atoms with Gasteiger partial charge in [-0.15, -0.1) is 0 Å². The maximum atomic E-state index is 12.8. The van der Waals surface area contributed by atoms with E-state index in [1.165, 1.54) is 36.0 Å². The first-order valence-electron chi connectivity index (χ1n) is 6.91. The molecule has 1 amide bonds. The van der Waals surface area contributed by atoms with Gasteiger partial charge in [0, 0.05) is 17.1 Å². The second-order valence-electron chi connectivity index (χ2n) is 5.06. The minimum Gasteiger partial charge on any atom is -0.325 e. The highest BCUT2D eigenvalue weighted by Gasteiger charge is 2.17. The van der Waals surface area contributed by atoms with Crippen molar-refractivity contribution in [1.29, 1.82) is 0 Å². The third-order valence-electron chi connectivity index (χ3n) is 3.38. The number of nitrogens with one attached hydrogen (secondary N) is 1. The van der Waals surface area contributed by atoms with Crippen molar-refractivity contribution in [3.05, 3.63) is 47.0 Å². The summed E-state index contributed by atoms with van der Waals surface area (Å²) in [6.07, 6.45) is 0. The van der Waals surface area contributed by atoms with Crippen molar-refractivity contribution in [1.82, 2.24) is 9.97 Å². The van der Waals surface area contributed by atoms with Gasteiger partial charge in [0.1, 0.15) is 5.82 Å². The number of halogens is 1. The predicted octanol–water partition coefficient (Wildman–Crippen LogP) is 3.66. The van der Waals surface area contributed by atoms with E-state index in [2.05, 4.69) is 15.3 Å². The molecule has 2 rings (SSSR count). The van der Waals surface area contributed by atoms with Gasteiger partial charge >= 0.3 is 0 Å². The number of anilines is 1. The predicted molar refractivity (Wildman–Crippen MR) is 86.6 cm³/mol. The first kappa shape index (κ1) is 16.4. The molecule has 2 aromatic rings. The maximum Gasteiger partial charge on any atom is 0.237 e. The molecule has 6 heteroatoms. The molecule has 1 aromatic heterocycles. The van der Waals surface area contributed by atoms with Crippen molar-refractivity contribution in [2.45, 2.75) is 38.1 Å². The minimum atomic E-state index is -0.355. The molecule has 0 fully saturated rings. The van der Waals surface area contributed by atoms with Gasteiger partial charge in [-0.3, -0.25) is 4.79 Å². The number of hydrogen-bond acceptors (Lipinski definition) is 4. The zero-order chi connectivity index (χ0) is 16.3. The molecular formula is C16H18FN3OS. The van der Waals surface area contributed by atoms with Crippen molar-refractivity contribution >= 4 is 23.4 Å². The molecule has 0 aliphatic rings. The Morgan fingerprint density at radius 2 is 1.68 bits per heavy atom. The zero-order valence-corrected chi connectivity index (χ0v) is 13.8. The van der Waals surface area contributed by atoms with Crippen LogP contribution in [0.4, 0.5) is 10.1 Å². The average Bonchev–Trinajstić information content (AvgIpc) is 2.47. The fourth-order valence-electron chi connectivity index (χ4n) is 1.78. The Bertz CT molecular complexity index is 665. The number of rotatable bonds is 4. The topological polar surface area (TPSA) is 54.9 Å². The smallest absolute Gasteiger partial charge is 0.237 e. The highest BCUT2D eigenvalue weighted by atomic mass is 32.2. The van der Waals surface area contributed by atoms with E-state index < -0.39 is 0 Å². The Balaban J connectivity index is 2.03. The van der Waals surface area contributed by atoms with Crippen LogP contribution in [0.2, 0.25) is 0 Å². The first-order chi connectivity index (χ1) is 10.4. The molecule has 22 heavy (non-hydrogen) atoms. The van der Waals surface area contributed by atoms with Crippen LogP contribution in [0.5, 0.6) is 0 Å². The van der Waals surface area contributed by atoms with Gasteiger partial charge in [-0.1, -0.05) is 11.8 Å². The van der Waals surface area contributed by atoms with E-state index in [4.69, 9.17) is 0 Å². The minimum absolute atomic E-state index is 0.170. The first-order valence-corrected chi connectivity index (χ1v) is 7.79. The van der Waals surface area contributed by atoms with E-state index in [9.17, 15) is 9.18 Å². The van der Waals surface area contributed by atoms with Crippen LogP contribution in [0.15, 0.2) is 29.4 Å². The summed E-state index contributed by atoms with van der Waals surface area (Å²) in [5.74, 6) is -0.504. The Labute approximate surface area is 133 Å². The molecule has 0 radical (unpaired) electrons. The van der Waals surface area contributed by atoms with Crippen LogP contribution in [0, 0.1) is 26.6 Å². The standard InChI is InChI=1S/C16H18FN3OS/c1-9-10(2)18-16(19-11(9)3)22-12(4)15(21)20-14-7-5-13(17)6-8-14/h5-8,12H,1-4H3,(H,20,21)/t12-/m0/s1. The summed E-state index contributed by atoms with van der Waals surface area (Å²) in [7, 11) is 0. The molecule has 0 bridgehead atoms. The fraction of sp³-hybridized carbons (Fsp3) is 0.312. The van der Waals surface area contributed by atoms with Crippen molar-refractivity contribution in [3.63, 3.8) is 0 Å². The van der Waals surface area contributed by atoms with Crippen molar-refractivity contribution in [2.75, 3.05) is 5.32 Å². The molecule has 0 unspecified atom stereocenters. The van der Waals surface area contributed by atoms with E-state index >= 15 is 0 Å². The molecule has 0 saturated carbocycles. The van der Waals surface area contributed by atoms with Gasteiger partial charge in [0.2, 0.25) is 5.91 Å². The van der Waals surface area contributed by atoms with Gasteiger partial charge < -0.3 is 5.32 Å². The SMILES string of the molecule is Cc1nc(S[C@@H](C)C(=O)Nc2ccc(F)cc2)nc(C)c1C. The molecule has 0 aliphatic carbocycles. The van der Waals surface area contributed by atoms with Gasteiger partial charge in [0.25, 0.3) is 0 Å². The number of carbonyl (C=O) groups is 1. The van der Waals surface area contributed by atoms with E-state index in [0.717, 1.165) is 17.0 Å². The highest BCUT2D eigenvalue weighted by molar-refractivity contribution is 8.00. The number of hydrogen-bond donors (Lipinski definition) is 1. The second kappa shape index (κ2) is 6.87. The summed E-state index contributed by atoms with van der Waals surface area (Å²) in [5, 5.41) is 2.98. The summed E-state index contributed by atoms with van der Waals surface area (Å²) < 4.78 is 12.8. The lowest BCUT2D eigenvalue weighted by atomic mass is 10.2. The fourth-order valence-corrected chi connectivity index (χ4v) is 2.64. The summed E-state index contributed by atoms with van der Waals surface area (Å²) >= 11 is 1.30. The molecular weight excluding hydrogens is 301 g/mol. The van der Waals surface area contributed by atoms with E-state index in [0.29, 0.717) is 10.8 Å². The lowest BCUT2D eigenvalue weighted by Crippen LogP contribution is -2.22. The Hall–Kier alpha value is -1.95. The molecule has 1 heterocycles. The number of nitrogens with zero attached hydrogens (tertiary/aromatic N) is 2. The molecule has 1 aromatic carbocycles. The van der Waals surface area contributed by atoms with Crippen molar-refractivity contribution in [2.24, 2.45) is 0 Å². The third kappa shape index (κ3) is 4.04. The zero-order valence-electron chi connectivity index (χ0n) is 13.0. The number of benzene rings is 1. The summed E-state index contributed by atoms with van der Waals surface area (Å²) in [6.45, 7) is 7.62. The van der Waals surface area contributed by atoms with E-state index in [1.807, 2.05) is 20.8 Å². The molecule has 1 N–H and O–H groups in total.